The van der Waals surface area contributed by atoms with Gasteiger partial charge in [0.15, 0.2) is 0 Å². The van der Waals surface area contributed by atoms with Crippen LogP contribution < -0.4 is 5.32 Å². The summed E-state index contributed by atoms with van der Waals surface area (Å²) in [4.78, 5) is 23.9. The Morgan fingerprint density at radius 3 is 2.45 bits per heavy atom. The van der Waals surface area contributed by atoms with Crippen LogP contribution in [0.3, 0.4) is 0 Å². The fraction of sp³-hybridized carbons (Fsp3) is 0.765. The van der Waals surface area contributed by atoms with Crippen molar-refractivity contribution in [1.29, 1.82) is 0 Å². The monoisotopic (exact) mass is 309 g/mol. The molecule has 1 fully saturated rings. The number of amides is 2. The molecular weight excluding hydrogens is 282 g/mol. The minimum atomic E-state index is -0.685. The van der Waals surface area contributed by atoms with Gasteiger partial charge >= 0.3 is 6.09 Å². The zero-order valence-corrected chi connectivity index (χ0v) is 14.2. The van der Waals surface area contributed by atoms with Crippen LogP contribution in [0.15, 0.2) is 11.1 Å². The highest BCUT2D eigenvalue weighted by atomic mass is 16.6. The van der Waals surface area contributed by atoms with E-state index in [1.165, 1.54) is 11.1 Å². The second-order valence-corrected chi connectivity index (χ2v) is 7.57. The van der Waals surface area contributed by atoms with E-state index >= 15 is 0 Å². The molecule has 5 heteroatoms. The summed E-state index contributed by atoms with van der Waals surface area (Å²) in [6, 6.07) is 0. The van der Waals surface area contributed by atoms with Crippen molar-refractivity contribution in [3.05, 3.63) is 11.1 Å². The maximum atomic E-state index is 12.2. The normalized spacial score (nSPS) is 25.9. The first-order chi connectivity index (χ1) is 10.1. The third-order valence-electron chi connectivity index (χ3n) is 4.33. The van der Waals surface area contributed by atoms with Crippen LogP contribution >= 0.6 is 0 Å². The van der Waals surface area contributed by atoms with Gasteiger partial charge in [-0.15, -0.1) is 0 Å². The molecule has 1 aliphatic carbocycles. The van der Waals surface area contributed by atoms with Crippen LogP contribution in [-0.2, 0) is 14.3 Å². The molecule has 0 aromatic rings. The lowest BCUT2D eigenvalue weighted by molar-refractivity contribution is -0.121. The highest BCUT2D eigenvalue weighted by Gasteiger charge is 2.49. The molecule has 1 heterocycles. The van der Waals surface area contributed by atoms with Crippen molar-refractivity contribution in [2.24, 2.45) is 5.92 Å². The number of hydrogen-bond donors (Lipinski definition) is 1. The molecule has 5 nitrogen and oxygen atoms in total. The zero-order chi connectivity index (χ0) is 16.5. The number of allylic oxidation sites excluding steroid dienone is 1. The molecule has 2 aliphatic rings. The van der Waals surface area contributed by atoms with Crippen molar-refractivity contribution in [3.8, 4) is 0 Å². The number of carbonyl (C=O) groups excluding carboxylic acids is 2. The van der Waals surface area contributed by atoms with Gasteiger partial charge in [-0.3, -0.25) is 10.1 Å². The molecule has 0 saturated carbocycles. The van der Waals surface area contributed by atoms with Crippen molar-refractivity contribution >= 4 is 12.0 Å². The van der Waals surface area contributed by atoms with Crippen molar-refractivity contribution in [2.75, 3.05) is 6.61 Å². The molecule has 0 spiro atoms. The second-order valence-electron chi connectivity index (χ2n) is 7.57. The van der Waals surface area contributed by atoms with Gasteiger partial charge < -0.3 is 9.47 Å². The molecule has 1 N–H and O–H groups in total. The average molecular weight is 309 g/mol. The van der Waals surface area contributed by atoms with E-state index in [0.717, 1.165) is 19.3 Å². The van der Waals surface area contributed by atoms with Crippen molar-refractivity contribution in [3.63, 3.8) is 0 Å². The van der Waals surface area contributed by atoms with Gasteiger partial charge in [-0.25, -0.2) is 4.79 Å². The summed E-state index contributed by atoms with van der Waals surface area (Å²) < 4.78 is 10.7. The van der Waals surface area contributed by atoms with Crippen molar-refractivity contribution in [2.45, 2.75) is 71.5 Å². The Hall–Kier alpha value is -1.36. The Bertz CT molecular complexity index is 497. The van der Waals surface area contributed by atoms with E-state index < -0.39 is 11.7 Å². The number of epoxide rings is 1. The van der Waals surface area contributed by atoms with Gasteiger partial charge in [0.25, 0.3) is 0 Å². The van der Waals surface area contributed by atoms with Crippen LogP contribution in [-0.4, -0.2) is 29.8 Å². The highest BCUT2D eigenvalue weighted by molar-refractivity contribution is 5.92. The second kappa shape index (κ2) is 6.03. The van der Waals surface area contributed by atoms with E-state index in [0.29, 0.717) is 6.61 Å². The Morgan fingerprint density at radius 1 is 1.36 bits per heavy atom. The van der Waals surface area contributed by atoms with E-state index in [1.807, 2.05) is 6.92 Å². The molecule has 0 aromatic heterocycles. The Morgan fingerprint density at radius 2 is 2.00 bits per heavy atom. The number of hydrogen-bond acceptors (Lipinski definition) is 4. The molecule has 1 aliphatic heterocycles. The fourth-order valence-electron chi connectivity index (χ4n) is 3.07. The number of imide groups is 1. The van der Waals surface area contributed by atoms with E-state index in [9.17, 15) is 9.59 Å². The van der Waals surface area contributed by atoms with Gasteiger partial charge in [-0.2, -0.15) is 0 Å². The molecule has 1 saturated heterocycles. The molecule has 2 amide bonds. The smallest absolute Gasteiger partial charge is 0.414 e. The van der Waals surface area contributed by atoms with Crippen LogP contribution in [0.25, 0.3) is 0 Å². The lowest BCUT2D eigenvalue weighted by Crippen LogP contribution is -2.38. The van der Waals surface area contributed by atoms with Crippen molar-refractivity contribution < 1.29 is 19.1 Å². The molecule has 0 aromatic carbocycles. The number of ether oxygens (including phenoxy) is 2. The Labute approximate surface area is 132 Å². The molecule has 0 unspecified atom stereocenters. The number of alkyl carbamates (subject to hydrolysis) is 1. The van der Waals surface area contributed by atoms with Crippen LogP contribution in [0, 0.1) is 5.92 Å². The molecule has 22 heavy (non-hydrogen) atoms. The standard InChI is InChI=1S/C17H27NO4/c1-11-7-6-8-12(11)13(17(5)10-21-17)9-14(19)18-15(20)22-16(2,3)4/h13H,6-10H2,1-5H3,(H,18,19,20)/t13-,17-/m0/s1. The number of carbonyl (C=O) groups is 2. The van der Waals surface area contributed by atoms with Gasteiger partial charge in [-0.1, -0.05) is 11.1 Å². The summed E-state index contributed by atoms with van der Waals surface area (Å²) in [6.45, 7) is 10.2. The van der Waals surface area contributed by atoms with Gasteiger partial charge in [0, 0.05) is 12.3 Å². The highest BCUT2D eigenvalue weighted by Crippen LogP contribution is 2.45. The lowest BCUT2D eigenvalue weighted by atomic mass is 9.82. The predicted molar refractivity (Wildman–Crippen MR) is 83.4 cm³/mol. The maximum Gasteiger partial charge on any atom is 0.414 e. The molecule has 2 atom stereocenters. The largest absolute Gasteiger partial charge is 0.444 e. The average Bonchev–Trinajstić information content (AvgIpc) is 2.94. The summed E-state index contributed by atoms with van der Waals surface area (Å²) in [5, 5.41) is 2.33. The maximum absolute atomic E-state index is 12.2. The van der Waals surface area contributed by atoms with Gasteiger partial charge in [0.2, 0.25) is 5.91 Å². The molecule has 2 rings (SSSR count). The molecule has 0 radical (unpaired) electrons. The quantitative estimate of drug-likeness (QED) is 0.639. The summed E-state index contributed by atoms with van der Waals surface area (Å²) in [5.41, 5.74) is 1.83. The van der Waals surface area contributed by atoms with Crippen LogP contribution in [0.5, 0.6) is 0 Å². The van der Waals surface area contributed by atoms with E-state index in [1.54, 1.807) is 20.8 Å². The predicted octanol–water partition coefficient (Wildman–Crippen LogP) is 3.33. The van der Waals surface area contributed by atoms with Gasteiger partial charge in [-0.05, 0) is 53.9 Å². The molecule has 0 bridgehead atoms. The lowest BCUT2D eigenvalue weighted by Gasteiger charge is -2.24. The van der Waals surface area contributed by atoms with E-state index in [-0.39, 0.29) is 23.8 Å². The summed E-state index contributed by atoms with van der Waals surface area (Å²) >= 11 is 0. The minimum absolute atomic E-state index is 0.0532. The van der Waals surface area contributed by atoms with E-state index in [2.05, 4.69) is 12.2 Å². The van der Waals surface area contributed by atoms with Crippen LogP contribution in [0.2, 0.25) is 0 Å². The first-order valence-electron chi connectivity index (χ1n) is 7.96. The summed E-state index contributed by atoms with van der Waals surface area (Å²) in [7, 11) is 0. The third-order valence-corrected chi connectivity index (χ3v) is 4.33. The number of rotatable bonds is 4. The minimum Gasteiger partial charge on any atom is -0.444 e. The zero-order valence-electron chi connectivity index (χ0n) is 14.2. The van der Waals surface area contributed by atoms with Crippen LogP contribution in [0.4, 0.5) is 4.79 Å². The van der Waals surface area contributed by atoms with Gasteiger partial charge in [0.05, 0.1) is 12.2 Å². The fourth-order valence-corrected chi connectivity index (χ4v) is 3.07. The first-order valence-corrected chi connectivity index (χ1v) is 7.96. The van der Waals surface area contributed by atoms with E-state index in [4.69, 9.17) is 9.47 Å². The Balaban J connectivity index is 1.98. The van der Waals surface area contributed by atoms with Gasteiger partial charge in [0.1, 0.15) is 5.60 Å². The molecular formula is C17H27NO4. The van der Waals surface area contributed by atoms with Crippen molar-refractivity contribution in [1.82, 2.24) is 5.32 Å². The SMILES string of the molecule is CC1=C([C@H](CC(=O)NC(=O)OC(C)(C)C)[C@]2(C)CO2)CCC1. The summed E-state index contributed by atoms with van der Waals surface area (Å²) in [6.07, 6.45) is 2.84. The summed E-state index contributed by atoms with van der Waals surface area (Å²) in [5.74, 6) is -0.249. The topological polar surface area (TPSA) is 67.9 Å². The molecule has 124 valence electrons. The first kappa shape index (κ1) is 17.0. The Kier molecular flexibility index (Phi) is 4.66. The number of nitrogens with one attached hydrogen (secondary N) is 1. The third kappa shape index (κ3) is 4.32. The van der Waals surface area contributed by atoms with Crippen LogP contribution in [0.1, 0.15) is 60.3 Å².